The molecule has 0 bridgehead atoms. The molecule has 0 heterocycles. The summed E-state index contributed by atoms with van der Waals surface area (Å²) in [5.74, 6) is 4.21. The molecule has 0 atom stereocenters. The number of hydrogen-bond donors (Lipinski definition) is 2. The number of benzene rings is 1. The minimum atomic E-state index is 0. The Hall–Kier alpha value is -1.42. The quantitative estimate of drug-likeness (QED) is 0.333. The van der Waals surface area contributed by atoms with Gasteiger partial charge in [0.1, 0.15) is 5.75 Å². The highest BCUT2D eigenvalue weighted by atomic mass is 127. The van der Waals surface area contributed by atoms with Gasteiger partial charge in [-0.3, -0.25) is 4.99 Å². The minimum absolute atomic E-state index is 0. The lowest BCUT2D eigenvalue weighted by atomic mass is 10.1. The molecule has 0 aliphatic carbocycles. The number of aryl methyl sites for hydroxylation is 1. The Morgan fingerprint density at radius 3 is 2.76 bits per heavy atom. The van der Waals surface area contributed by atoms with E-state index in [0.717, 1.165) is 30.2 Å². The summed E-state index contributed by atoms with van der Waals surface area (Å²) in [6, 6.07) is 6.24. The lowest BCUT2D eigenvalue weighted by Gasteiger charge is -2.09. The molecule has 0 saturated heterocycles. The third-order valence-corrected chi connectivity index (χ3v) is 2.84. The molecular weight excluding hydrogens is 377 g/mol. The topological polar surface area (TPSA) is 45.7 Å². The van der Waals surface area contributed by atoms with E-state index in [2.05, 4.69) is 39.7 Å². The summed E-state index contributed by atoms with van der Waals surface area (Å²) in [5.41, 5.74) is 2.35. The standard InChI is InChI=1S/C16H23N3O.HI/c1-5-10-18-16(17-6-2)19-11-9-14-8-7-13(3)15(12-14)20-4;/h1,7-8,12H,6,9-11H2,2-4H3,(H2,17,18,19);1H. The molecule has 1 rings (SSSR count). The first-order chi connectivity index (χ1) is 9.71. The van der Waals surface area contributed by atoms with Gasteiger partial charge in [0.2, 0.25) is 0 Å². The van der Waals surface area contributed by atoms with Gasteiger partial charge in [0.25, 0.3) is 0 Å². The zero-order chi connectivity index (χ0) is 14.8. The second-order valence-electron chi connectivity index (χ2n) is 4.37. The normalized spacial score (nSPS) is 10.3. The van der Waals surface area contributed by atoms with Crippen LogP contribution in [0.1, 0.15) is 18.1 Å². The number of nitrogens with zero attached hydrogens (tertiary/aromatic N) is 1. The van der Waals surface area contributed by atoms with E-state index >= 15 is 0 Å². The van der Waals surface area contributed by atoms with Gasteiger partial charge in [-0.25, -0.2) is 0 Å². The van der Waals surface area contributed by atoms with Crippen molar-refractivity contribution in [3.63, 3.8) is 0 Å². The highest BCUT2D eigenvalue weighted by molar-refractivity contribution is 14.0. The van der Waals surface area contributed by atoms with Gasteiger partial charge in [-0.1, -0.05) is 18.1 Å². The molecule has 0 fully saturated rings. The molecule has 0 saturated carbocycles. The molecule has 0 unspecified atom stereocenters. The van der Waals surface area contributed by atoms with Gasteiger partial charge in [-0.2, -0.15) is 0 Å². The lowest BCUT2D eigenvalue weighted by Crippen LogP contribution is -2.37. The summed E-state index contributed by atoms with van der Waals surface area (Å²) in [4.78, 5) is 4.48. The van der Waals surface area contributed by atoms with Crippen molar-refractivity contribution in [2.75, 3.05) is 26.7 Å². The third kappa shape index (κ3) is 7.23. The molecule has 2 N–H and O–H groups in total. The number of guanidine groups is 1. The first-order valence-corrected chi connectivity index (χ1v) is 6.80. The van der Waals surface area contributed by atoms with E-state index in [9.17, 15) is 0 Å². The second kappa shape index (κ2) is 11.3. The number of rotatable bonds is 6. The van der Waals surface area contributed by atoms with Crippen LogP contribution in [0.5, 0.6) is 5.75 Å². The van der Waals surface area contributed by atoms with Gasteiger partial charge in [0, 0.05) is 13.1 Å². The van der Waals surface area contributed by atoms with Crippen LogP contribution >= 0.6 is 24.0 Å². The van der Waals surface area contributed by atoms with Crippen LogP contribution in [-0.2, 0) is 6.42 Å². The monoisotopic (exact) mass is 401 g/mol. The zero-order valence-electron chi connectivity index (χ0n) is 12.9. The predicted octanol–water partition coefficient (Wildman–Crippen LogP) is 2.35. The van der Waals surface area contributed by atoms with E-state index in [4.69, 9.17) is 11.2 Å². The first-order valence-electron chi connectivity index (χ1n) is 6.80. The summed E-state index contributed by atoms with van der Waals surface area (Å²) in [6.07, 6.45) is 6.09. The number of hydrogen-bond acceptors (Lipinski definition) is 2. The predicted molar refractivity (Wildman–Crippen MR) is 99.7 cm³/mol. The Bertz CT molecular complexity index is 495. The van der Waals surface area contributed by atoms with Crippen molar-refractivity contribution in [2.45, 2.75) is 20.3 Å². The summed E-state index contributed by atoms with van der Waals surface area (Å²) in [7, 11) is 1.69. The van der Waals surface area contributed by atoms with Crippen molar-refractivity contribution >= 4 is 29.9 Å². The van der Waals surface area contributed by atoms with Crippen LogP contribution in [-0.4, -0.2) is 32.7 Å². The highest BCUT2D eigenvalue weighted by Crippen LogP contribution is 2.19. The number of aliphatic imine (C=N–C) groups is 1. The molecule has 4 nitrogen and oxygen atoms in total. The average molecular weight is 401 g/mol. The Morgan fingerprint density at radius 2 is 2.14 bits per heavy atom. The van der Waals surface area contributed by atoms with E-state index in [1.54, 1.807) is 7.11 Å². The number of ether oxygens (including phenoxy) is 1. The lowest BCUT2D eigenvalue weighted by molar-refractivity contribution is 0.411. The molecule has 0 spiro atoms. The van der Waals surface area contributed by atoms with Crippen LogP contribution in [0.2, 0.25) is 0 Å². The van der Waals surface area contributed by atoms with Crippen LogP contribution in [0, 0.1) is 19.3 Å². The number of terminal acetylenes is 1. The highest BCUT2D eigenvalue weighted by Gasteiger charge is 2.00. The smallest absolute Gasteiger partial charge is 0.192 e. The van der Waals surface area contributed by atoms with Crippen LogP contribution in [0.25, 0.3) is 0 Å². The fourth-order valence-electron chi connectivity index (χ4n) is 1.79. The molecule has 116 valence electrons. The third-order valence-electron chi connectivity index (χ3n) is 2.84. The van der Waals surface area contributed by atoms with Crippen LogP contribution in [0.3, 0.4) is 0 Å². The fourth-order valence-corrected chi connectivity index (χ4v) is 1.79. The van der Waals surface area contributed by atoms with Gasteiger partial charge in [0.15, 0.2) is 5.96 Å². The van der Waals surface area contributed by atoms with Crippen LogP contribution in [0.4, 0.5) is 0 Å². The van der Waals surface area contributed by atoms with Crippen molar-refractivity contribution < 1.29 is 4.74 Å². The van der Waals surface area contributed by atoms with Gasteiger partial charge < -0.3 is 15.4 Å². The maximum Gasteiger partial charge on any atom is 0.192 e. The Balaban J connectivity index is 0.00000400. The molecule has 0 aliphatic heterocycles. The number of halogens is 1. The van der Waals surface area contributed by atoms with Crippen LogP contribution < -0.4 is 15.4 Å². The first kappa shape index (κ1) is 19.6. The number of methoxy groups -OCH3 is 1. The SMILES string of the molecule is C#CCNC(=NCCc1ccc(C)c(OC)c1)NCC.I. The molecule has 0 radical (unpaired) electrons. The van der Waals surface area contributed by atoms with E-state index in [1.807, 2.05) is 13.8 Å². The summed E-state index contributed by atoms with van der Waals surface area (Å²) in [6.45, 7) is 6.05. The Labute approximate surface area is 144 Å². The summed E-state index contributed by atoms with van der Waals surface area (Å²) >= 11 is 0. The molecule has 1 aromatic carbocycles. The summed E-state index contributed by atoms with van der Waals surface area (Å²) in [5, 5.41) is 6.22. The molecular formula is C16H24IN3O. The van der Waals surface area contributed by atoms with Gasteiger partial charge in [-0.05, 0) is 37.5 Å². The zero-order valence-corrected chi connectivity index (χ0v) is 15.2. The Kier molecular flexibility index (Phi) is 10.5. The molecule has 0 aliphatic rings. The molecule has 0 aromatic heterocycles. The maximum absolute atomic E-state index is 5.32. The fraction of sp³-hybridized carbons (Fsp3) is 0.438. The molecule has 5 heteroatoms. The average Bonchev–Trinajstić information content (AvgIpc) is 2.46. The maximum atomic E-state index is 5.32. The van der Waals surface area contributed by atoms with E-state index in [0.29, 0.717) is 13.1 Å². The van der Waals surface area contributed by atoms with E-state index in [-0.39, 0.29) is 24.0 Å². The second-order valence-corrected chi connectivity index (χ2v) is 4.37. The number of nitrogens with one attached hydrogen (secondary N) is 2. The van der Waals surface area contributed by atoms with E-state index < -0.39 is 0 Å². The van der Waals surface area contributed by atoms with Gasteiger partial charge in [0.05, 0.1) is 13.7 Å². The molecule has 0 amide bonds. The van der Waals surface area contributed by atoms with Gasteiger partial charge >= 0.3 is 0 Å². The molecule has 1 aromatic rings. The Morgan fingerprint density at radius 1 is 1.38 bits per heavy atom. The largest absolute Gasteiger partial charge is 0.496 e. The van der Waals surface area contributed by atoms with Crippen molar-refractivity contribution in [1.29, 1.82) is 0 Å². The van der Waals surface area contributed by atoms with Gasteiger partial charge in [-0.15, -0.1) is 30.4 Å². The van der Waals surface area contributed by atoms with E-state index in [1.165, 1.54) is 5.56 Å². The van der Waals surface area contributed by atoms with Crippen molar-refractivity contribution in [3.8, 4) is 18.1 Å². The molecule has 21 heavy (non-hydrogen) atoms. The van der Waals surface area contributed by atoms with Crippen molar-refractivity contribution in [1.82, 2.24) is 10.6 Å². The van der Waals surface area contributed by atoms with Crippen molar-refractivity contribution in [2.24, 2.45) is 4.99 Å². The van der Waals surface area contributed by atoms with Crippen molar-refractivity contribution in [3.05, 3.63) is 29.3 Å². The van der Waals surface area contributed by atoms with Crippen LogP contribution in [0.15, 0.2) is 23.2 Å². The summed E-state index contributed by atoms with van der Waals surface area (Å²) < 4.78 is 5.32. The minimum Gasteiger partial charge on any atom is -0.496 e.